The molecule has 162 valence electrons. The maximum absolute atomic E-state index is 13.0. The first-order chi connectivity index (χ1) is 14.6. The minimum absolute atomic E-state index is 0.446. The molecular formula is C20H15AlF6O3Si. The molecule has 0 aromatic heterocycles. The average Bonchev–Trinajstić information content (AvgIpc) is 2.71. The van der Waals surface area contributed by atoms with Crippen LogP contribution in [0.5, 0.6) is 0 Å². The third-order valence-corrected chi connectivity index (χ3v) is 10.8. The summed E-state index contributed by atoms with van der Waals surface area (Å²) >= 11 is -4.81. The highest BCUT2D eigenvalue weighted by molar-refractivity contribution is 7.09. The fraction of sp³-hybridized carbons (Fsp3) is 0.100. The van der Waals surface area contributed by atoms with E-state index in [0.717, 1.165) is 0 Å². The van der Waals surface area contributed by atoms with E-state index >= 15 is 0 Å². The van der Waals surface area contributed by atoms with E-state index in [2.05, 4.69) is 7.58 Å². The molecule has 0 N–H and O–H groups in total. The van der Waals surface area contributed by atoms with Crippen LogP contribution in [0.25, 0.3) is 0 Å². The molecule has 0 aliphatic carbocycles. The Morgan fingerprint density at radius 1 is 0.516 bits per heavy atom. The van der Waals surface area contributed by atoms with Crippen molar-refractivity contribution in [1.29, 1.82) is 0 Å². The molecule has 0 atom stereocenters. The van der Waals surface area contributed by atoms with Crippen molar-refractivity contribution < 1.29 is 37.4 Å². The van der Waals surface area contributed by atoms with Crippen molar-refractivity contribution in [2.24, 2.45) is 0 Å². The third kappa shape index (κ3) is 6.19. The number of rotatable bonds is 7. The largest absolute Gasteiger partial charge is 0.907 e. The summed E-state index contributed by atoms with van der Waals surface area (Å²) in [6.45, 7) is 0. The lowest BCUT2D eigenvalue weighted by Crippen LogP contribution is -2.71. The van der Waals surface area contributed by atoms with Crippen LogP contribution in [0.2, 0.25) is 0 Å². The lowest BCUT2D eigenvalue weighted by atomic mass is 10.3. The predicted molar refractivity (Wildman–Crippen MR) is 105 cm³/mol. The van der Waals surface area contributed by atoms with E-state index in [9.17, 15) is 26.3 Å². The van der Waals surface area contributed by atoms with E-state index in [1.54, 1.807) is 91.0 Å². The van der Waals surface area contributed by atoms with Crippen LogP contribution in [0.1, 0.15) is 0 Å². The SMILES string of the molecule is FC(F)(F)[O][Al]([O]C(F)(F)F)[O][Si](c1ccccc1)(c1ccccc1)c1ccccc1. The van der Waals surface area contributed by atoms with Crippen LogP contribution in [0.4, 0.5) is 26.3 Å². The summed E-state index contributed by atoms with van der Waals surface area (Å²) in [5.74, 6) is 0. The number of hydrogen-bond donors (Lipinski definition) is 0. The molecule has 11 heteroatoms. The molecule has 0 aliphatic heterocycles. The third-order valence-electron chi connectivity index (χ3n) is 4.27. The van der Waals surface area contributed by atoms with Gasteiger partial charge in [-0.1, -0.05) is 91.0 Å². The molecule has 0 bridgehead atoms. The minimum atomic E-state index is -5.37. The zero-order valence-electron chi connectivity index (χ0n) is 15.7. The van der Waals surface area contributed by atoms with Crippen molar-refractivity contribution in [2.45, 2.75) is 12.7 Å². The normalized spacial score (nSPS) is 12.6. The smallest absolute Gasteiger partial charge is 0.488 e. The Morgan fingerprint density at radius 2 is 0.806 bits per heavy atom. The molecule has 3 aromatic rings. The van der Waals surface area contributed by atoms with Gasteiger partial charge in [0.15, 0.2) is 0 Å². The van der Waals surface area contributed by atoms with E-state index in [1.165, 1.54) is 0 Å². The molecule has 0 amide bonds. The monoisotopic (exact) mass is 472 g/mol. The van der Waals surface area contributed by atoms with E-state index in [0.29, 0.717) is 15.6 Å². The summed E-state index contributed by atoms with van der Waals surface area (Å²) in [6, 6.07) is 24.5. The molecule has 0 unspecified atom stereocenters. The summed E-state index contributed by atoms with van der Waals surface area (Å²) < 4.78 is 91.0. The Bertz CT molecular complexity index is 843. The lowest BCUT2D eigenvalue weighted by molar-refractivity contribution is -0.324. The van der Waals surface area contributed by atoms with Gasteiger partial charge in [-0.3, -0.25) is 0 Å². The lowest BCUT2D eigenvalue weighted by Gasteiger charge is -2.35. The highest BCUT2D eigenvalue weighted by Crippen LogP contribution is 2.26. The Hall–Kier alpha value is -2.13. The molecular weight excluding hydrogens is 457 g/mol. The molecule has 0 spiro atoms. The van der Waals surface area contributed by atoms with E-state index < -0.39 is 36.2 Å². The van der Waals surface area contributed by atoms with Crippen LogP contribution in [0.15, 0.2) is 91.0 Å². The second kappa shape index (κ2) is 9.56. The first-order valence-electron chi connectivity index (χ1n) is 8.94. The van der Waals surface area contributed by atoms with Gasteiger partial charge in [0.05, 0.1) is 0 Å². The van der Waals surface area contributed by atoms with Crippen LogP contribution in [0.3, 0.4) is 0 Å². The molecule has 0 aliphatic rings. The van der Waals surface area contributed by atoms with Gasteiger partial charge in [0.1, 0.15) is 0 Å². The standard InChI is InChI=1S/C18H15OSi.2CF3O.Al/c19-20(16-10-4-1-5-11-16,17-12-6-2-7-13-17)18-14-8-3-9-15-18;2*2-1(3,4)5;/h1-15H;;;/q3*-1;+3. The zero-order valence-corrected chi connectivity index (χ0v) is 17.9. The summed E-state index contributed by atoms with van der Waals surface area (Å²) in [4.78, 5) is 0. The van der Waals surface area contributed by atoms with Gasteiger partial charge in [-0.15, -0.1) is 26.3 Å². The van der Waals surface area contributed by atoms with Gasteiger partial charge < -0.3 is 11.1 Å². The van der Waals surface area contributed by atoms with Gasteiger partial charge in [-0.2, -0.15) is 0 Å². The quantitative estimate of drug-likeness (QED) is 0.298. The van der Waals surface area contributed by atoms with Crippen molar-refractivity contribution in [2.75, 3.05) is 0 Å². The molecule has 31 heavy (non-hydrogen) atoms. The molecule has 0 radical (unpaired) electrons. The van der Waals surface area contributed by atoms with E-state index in [-0.39, 0.29) is 0 Å². The summed E-state index contributed by atoms with van der Waals surface area (Å²) in [5.41, 5.74) is 0. The Morgan fingerprint density at radius 3 is 1.06 bits per heavy atom. The number of alkyl halides is 6. The first-order valence-corrected chi connectivity index (χ1v) is 12.3. The van der Waals surface area contributed by atoms with Gasteiger partial charge in [-0.25, -0.2) is 0 Å². The van der Waals surface area contributed by atoms with Crippen molar-refractivity contribution in [3.05, 3.63) is 91.0 Å². The molecule has 0 heterocycles. The zero-order chi connectivity index (χ0) is 22.5. The van der Waals surface area contributed by atoms with Crippen molar-refractivity contribution in [3.63, 3.8) is 0 Å². The maximum Gasteiger partial charge on any atom is 0.907 e. The minimum Gasteiger partial charge on any atom is -0.488 e. The van der Waals surface area contributed by atoms with Crippen LogP contribution in [-0.4, -0.2) is 36.2 Å². The van der Waals surface area contributed by atoms with Crippen LogP contribution in [0, 0.1) is 0 Å². The summed E-state index contributed by atoms with van der Waals surface area (Å²) in [5, 5.41) is 1.34. The van der Waals surface area contributed by atoms with E-state index in [1.807, 2.05) is 0 Å². The second-order valence-corrected chi connectivity index (χ2v) is 11.4. The van der Waals surface area contributed by atoms with Gasteiger partial charge in [0, 0.05) is 0 Å². The van der Waals surface area contributed by atoms with Crippen LogP contribution < -0.4 is 15.6 Å². The highest BCUT2D eigenvalue weighted by Gasteiger charge is 2.56. The number of benzene rings is 3. The van der Waals surface area contributed by atoms with E-state index in [4.69, 9.17) is 3.48 Å². The molecule has 3 rings (SSSR count). The molecule has 0 saturated heterocycles. The van der Waals surface area contributed by atoms with Gasteiger partial charge in [-0.05, 0) is 15.6 Å². The maximum atomic E-state index is 13.0. The molecule has 3 aromatic carbocycles. The average molecular weight is 472 g/mol. The molecule has 0 saturated carbocycles. The van der Waals surface area contributed by atoms with Crippen molar-refractivity contribution in [1.82, 2.24) is 0 Å². The van der Waals surface area contributed by atoms with Crippen molar-refractivity contribution >= 4 is 39.0 Å². The number of halogens is 6. The Labute approximate surface area is 180 Å². The highest BCUT2D eigenvalue weighted by atomic mass is 28.4. The predicted octanol–water partition coefficient (Wildman–Crippen LogP) is 3.73. The fourth-order valence-corrected chi connectivity index (χ4v) is 9.80. The van der Waals surface area contributed by atoms with Gasteiger partial charge in [0.2, 0.25) is 0 Å². The van der Waals surface area contributed by atoms with Gasteiger partial charge in [0.25, 0.3) is 8.32 Å². The van der Waals surface area contributed by atoms with Crippen LogP contribution >= 0.6 is 0 Å². The second-order valence-electron chi connectivity index (χ2n) is 6.31. The molecule has 0 fully saturated rings. The Balaban J connectivity index is 2.23. The van der Waals surface area contributed by atoms with Crippen molar-refractivity contribution in [3.8, 4) is 0 Å². The first kappa shape index (κ1) is 23.5. The molecule has 3 nitrogen and oxygen atoms in total. The van der Waals surface area contributed by atoms with Crippen LogP contribution in [-0.2, 0) is 11.1 Å². The fourth-order valence-electron chi connectivity index (χ4n) is 3.16. The Kier molecular flexibility index (Phi) is 7.26. The topological polar surface area (TPSA) is 27.7 Å². The summed E-state index contributed by atoms with van der Waals surface area (Å²) in [7, 11) is -3.87. The van der Waals surface area contributed by atoms with Gasteiger partial charge >= 0.3 is 27.9 Å². The number of hydrogen-bond acceptors (Lipinski definition) is 3. The summed E-state index contributed by atoms with van der Waals surface area (Å²) in [6.07, 6.45) is -10.7.